The zero-order valence-corrected chi connectivity index (χ0v) is 13.8. The van der Waals surface area contributed by atoms with Crippen molar-refractivity contribution in [1.29, 1.82) is 0 Å². The van der Waals surface area contributed by atoms with Crippen molar-refractivity contribution in [2.75, 3.05) is 13.7 Å². The van der Waals surface area contributed by atoms with E-state index >= 15 is 0 Å². The van der Waals surface area contributed by atoms with Crippen LogP contribution in [0.1, 0.15) is 45.1 Å². The Kier molecular flexibility index (Phi) is 7.96. The van der Waals surface area contributed by atoms with Gasteiger partial charge in [0.1, 0.15) is 0 Å². The van der Waals surface area contributed by atoms with Crippen LogP contribution in [-0.4, -0.2) is 13.7 Å². The van der Waals surface area contributed by atoms with Gasteiger partial charge in [-0.3, -0.25) is 0 Å². The Balaban J connectivity index is 2.69. The molecule has 0 aliphatic rings. The third-order valence-corrected chi connectivity index (χ3v) is 4.04. The Morgan fingerprint density at radius 3 is 2.63 bits per heavy atom. The lowest BCUT2D eigenvalue weighted by molar-refractivity contribution is 0.223. The average Bonchev–Trinajstić information content (AvgIpc) is 2.47. The molecular weight excluding hydrogens is 304 g/mol. The van der Waals surface area contributed by atoms with Crippen LogP contribution in [-0.2, 0) is 5.33 Å². The summed E-state index contributed by atoms with van der Waals surface area (Å²) < 4.78 is 11.4. The molecule has 0 saturated carbocycles. The highest BCUT2D eigenvalue weighted by Gasteiger charge is 2.12. The third-order valence-electron chi connectivity index (χ3n) is 3.43. The van der Waals surface area contributed by atoms with Crippen LogP contribution in [0.4, 0.5) is 0 Å². The molecular formula is C16H25BrO2. The topological polar surface area (TPSA) is 18.5 Å². The van der Waals surface area contributed by atoms with E-state index in [9.17, 15) is 0 Å². The number of unbranched alkanes of at least 4 members (excludes halogenated alkanes) is 1. The smallest absolute Gasteiger partial charge is 0.165 e. The molecule has 1 atom stereocenters. The molecule has 3 heteroatoms. The molecule has 1 aromatic rings. The summed E-state index contributed by atoms with van der Waals surface area (Å²) in [5, 5.41) is 0.783. The van der Waals surface area contributed by atoms with E-state index < -0.39 is 0 Å². The summed E-state index contributed by atoms with van der Waals surface area (Å²) in [6.45, 7) is 5.24. The van der Waals surface area contributed by atoms with Crippen LogP contribution >= 0.6 is 15.9 Å². The van der Waals surface area contributed by atoms with Crippen LogP contribution in [0.25, 0.3) is 0 Å². The molecule has 0 radical (unpaired) electrons. The van der Waals surface area contributed by atoms with Crippen molar-refractivity contribution >= 4 is 15.9 Å². The zero-order chi connectivity index (χ0) is 14.1. The third kappa shape index (κ3) is 5.06. The van der Waals surface area contributed by atoms with Crippen molar-refractivity contribution in [3.8, 4) is 11.5 Å². The molecule has 0 amide bonds. The van der Waals surface area contributed by atoms with Crippen molar-refractivity contribution in [3.63, 3.8) is 0 Å². The van der Waals surface area contributed by atoms with E-state index in [1.54, 1.807) is 7.11 Å². The minimum Gasteiger partial charge on any atom is -0.493 e. The number of rotatable bonds is 9. The monoisotopic (exact) mass is 328 g/mol. The minimum atomic E-state index is 0.632. The maximum atomic E-state index is 6.05. The Labute approximate surface area is 125 Å². The number of methoxy groups -OCH3 is 1. The SMILES string of the molecule is CCCCC(CC)COc1c(CBr)cccc1OC. The lowest BCUT2D eigenvalue weighted by Gasteiger charge is -2.18. The molecule has 0 fully saturated rings. The molecule has 0 spiro atoms. The molecule has 2 nitrogen and oxygen atoms in total. The van der Waals surface area contributed by atoms with Crippen LogP contribution in [0.3, 0.4) is 0 Å². The van der Waals surface area contributed by atoms with Gasteiger partial charge in [0.2, 0.25) is 0 Å². The first kappa shape index (κ1) is 16.4. The molecule has 1 aromatic carbocycles. The molecule has 1 rings (SSSR count). The summed E-state index contributed by atoms with van der Waals surface area (Å²) in [5.41, 5.74) is 1.14. The number of ether oxygens (including phenoxy) is 2. The molecule has 108 valence electrons. The van der Waals surface area contributed by atoms with Gasteiger partial charge in [0.25, 0.3) is 0 Å². The van der Waals surface area contributed by atoms with Gasteiger partial charge in [0.05, 0.1) is 13.7 Å². The summed E-state index contributed by atoms with van der Waals surface area (Å²) in [7, 11) is 1.69. The van der Waals surface area contributed by atoms with Crippen LogP contribution in [0.2, 0.25) is 0 Å². The van der Waals surface area contributed by atoms with Crippen molar-refractivity contribution in [2.45, 2.75) is 44.9 Å². The molecule has 0 saturated heterocycles. The highest BCUT2D eigenvalue weighted by Crippen LogP contribution is 2.33. The lowest BCUT2D eigenvalue weighted by atomic mass is 10.0. The van der Waals surface area contributed by atoms with Crippen LogP contribution in [0.5, 0.6) is 11.5 Å². The number of hydrogen-bond acceptors (Lipinski definition) is 2. The van der Waals surface area contributed by atoms with Gasteiger partial charge < -0.3 is 9.47 Å². The maximum Gasteiger partial charge on any atom is 0.165 e. The highest BCUT2D eigenvalue weighted by molar-refractivity contribution is 9.08. The van der Waals surface area contributed by atoms with Gasteiger partial charge in [-0.05, 0) is 18.4 Å². The summed E-state index contributed by atoms with van der Waals surface area (Å²) in [6.07, 6.45) is 4.93. The second-order valence-electron chi connectivity index (χ2n) is 4.81. The second-order valence-corrected chi connectivity index (χ2v) is 5.37. The van der Waals surface area contributed by atoms with Crippen molar-refractivity contribution in [3.05, 3.63) is 23.8 Å². The standard InChI is InChI=1S/C16H25BrO2/c1-4-6-8-13(5-2)12-19-16-14(11-17)9-7-10-15(16)18-3/h7,9-10,13H,4-6,8,11-12H2,1-3H3. The van der Waals surface area contributed by atoms with Crippen molar-refractivity contribution < 1.29 is 9.47 Å². The Bertz CT molecular complexity index is 344. The van der Waals surface area contributed by atoms with Gasteiger partial charge in [-0.25, -0.2) is 0 Å². The average molecular weight is 329 g/mol. The first-order valence-corrected chi connectivity index (χ1v) is 8.23. The zero-order valence-electron chi connectivity index (χ0n) is 12.2. The first-order valence-electron chi connectivity index (χ1n) is 7.11. The molecule has 0 bridgehead atoms. The van der Waals surface area contributed by atoms with Gasteiger partial charge in [0.15, 0.2) is 11.5 Å². The predicted octanol–water partition coefficient (Wildman–Crippen LogP) is 5.19. The number of benzene rings is 1. The lowest BCUT2D eigenvalue weighted by Crippen LogP contribution is -2.12. The van der Waals surface area contributed by atoms with E-state index in [4.69, 9.17) is 9.47 Å². The van der Waals surface area contributed by atoms with Gasteiger partial charge >= 0.3 is 0 Å². The van der Waals surface area contributed by atoms with Gasteiger partial charge in [-0.15, -0.1) is 0 Å². The number of alkyl halides is 1. The van der Waals surface area contributed by atoms with Gasteiger partial charge in [0, 0.05) is 10.9 Å². The Morgan fingerprint density at radius 1 is 1.26 bits per heavy atom. The van der Waals surface area contributed by atoms with E-state index in [2.05, 4.69) is 35.8 Å². The van der Waals surface area contributed by atoms with E-state index in [-0.39, 0.29) is 0 Å². The Hall–Kier alpha value is -0.700. The number of para-hydroxylation sites is 1. The van der Waals surface area contributed by atoms with E-state index in [0.29, 0.717) is 5.92 Å². The quantitative estimate of drug-likeness (QED) is 0.581. The minimum absolute atomic E-state index is 0.632. The van der Waals surface area contributed by atoms with Crippen LogP contribution in [0, 0.1) is 5.92 Å². The molecule has 0 aliphatic carbocycles. The molecule has 0 N–H and O–H groups in total. The molecule has 19 heavy (non-hydrogen) atoms. The summed E-state index contributed by atoms with van der Waals surface area (Å²) in [5.74, 6) is 2.34. The van der Waals surface area contributed by atoms with E-state index in [0.717, 1.165) is 29.0 Å². The molecule has 0 heterocycles. The fourth-order valence-electron chi connectivity index (χ4n) is 2.09. The predicted molar refractivity (Wildman–Crippen MR) is 84.4 cm³/mol. The normalized spacial score (nSPS) is 12.2. The summed E-state index contributed by atoms with van der Waals surface area (Å²) in [6, 6.07) is 6.02. The van der Waals surface area contributed by atoms with Crippen molar-refractivity contribution in [1.82, 2.24) is 0 Å². The molecule has 0 aliphatic heterocycles. The van der Waals surface area contributed by atoms with Gasteiger partial charge in [-0.1, -0.05) is 61.2 Å². The van der Waals surface area contributed by atoms with Crippen LogP contribution in [0.15, 0.2) is 18.2 Å². The maximum absolute atomic E-state index is 6.05. The summed E-state index contributed by atoms with van der Waals surface area (Å²) in [4.78, 5) is 0. The number of hydrogen-bond donors (Lipinski definition) is 0. The second kappa shape index (κ2) is 9.24. The summed E-state index contributed by atoms with van der Waals surface area (Å²) >= 11 is 3.50. The number of halogens is 1. The highest BCUT2D eigenvalue weighted by atomic mass is 79.9. The fraction of sp³-hybridized carbons (Fsp3) is 0.625. The largest absolute Gasteiger partial charge is 0.493 e. The fourth-order valence-corrected chi connectivity index (χ4v) is 2.53. The first-order chi connectivity index (χ1) is 9.26. The molecule has 0 aromatic heterocycles. The van der Waals surface area contributed by atoms with Crippen molar-refractivity contribution in [2.24, 2.45) is 5.92 Å². The van der Waals surface area contributed by atoms with E-state index in [1.807, 2.05) is 12.1 Å². The van der Waals surface area contributed by atoms with Crippen LogP contribution < -0.4 is 9.47 Å². The van der Waals surface area contributed by atoms with E-state index in [1.165, 1.54) is 25.7 Å². The Morgan fingerprint density at radius 2 is 2.05 bits per heavy atom. The van der Waals surface area contributed by atoms with Gasteiger partial charge in [-0.2, -0.15) is 0 Å². The molecule has 1 unspecified atom stereocenters.